The molecular weight excluding hydrogens is 248 g/mol. The Morgan fingerprint density at radius 2 is 1.83 bits per heavy atom. The van der Waals surface area contributed by atoms with Crippen molar-refractivity contribution in [2.24, 2.45) is 0 Å². The predicted molar refractivity (Wildman–Crippen MR) is 73.9 cm³/mol. The van der Waals surface area contributed by atoms with E-state index < -0.39 is 5.79 Å². The Morgan fingerprint density at radius 1 is 1.17 bits per heavy atom. The van der Waals surface area contributed by atoms with Crippen LogP contribution in [0.1, 0.15) is 39.2 Å². The summed E-state index contributed by atoms with van der Waals surface area (Å²) >= 11 is 6.19. The summed E-state index contributed by atoms with van der Waals surface area (Å²) in [4.78, 5) is 0. The van der Waals surface area contributed by atoms with Crippen LogP contribution in [0.25, 0.3) is 0 Å². The van der Waals surface area contributed by atoms with E-state index in [0.29, 0.717) is 0 Å². The molecule has 2 nitrogen and oxygen atoms in total. The normalized spacial score (nSPS) is 26.4. The summed E-state index contributed by atoms with van der Waals surface area (Å²) in [7, 11) is 0. The van der Waals surface area contributed by atoms with Gasteiger partial charge in [0.25, 0.3) is 0 Å². The lowest BCUT2D eigenvalue weighted by molar-refractivity contribution is -0.177. The van der Waals surface area contributed by atoms with E-state index in [1.54, 1.807) is 0 Å². The van der Waals surface area contributed by atoms with Gasteiger partial charge in [-0.3, -0.25) is 0 Å². The quantitative estimate of drug-likeness (QED) is 0.815. The molecule has 1 fully saturated rings. The van der Waals surface area contributed by atoms with E-state index in [9.17, 15) is 0 Å². The lowest BCUT2D eigenvalue weighted by Crippen LogP contribution is -2.29. The minimum absolute atomic E-state index is 0.0878. The third-order valence-electron chi connectivity index (χ3n) is 3.75. The van der Waals surface area contributed by atoms with Crippen LogP contribution in [0.15, 0.2) is 24.3 Å². The first-order valence-electron chi connectivity index (χ1n) is 6.69. The summed E-state index contributed by atoms with van der Waals surface area (Å²) < 4.78 is 12.1. The van der Waals surface area contributed by atoms with Gasteiger partial charge in [-0.2, -0.15) is 0 Å². The van der Waals surface area contributed by atoms with Crippen LogP contribution >= 0.6 is 11.6 Å². The Kier molecular flexibility index (Phi) is 4.31. The van der Waals surface area contributed by atoms with Gasteiger partial charge in [0.1, 0.15) is 0 Å². The van der Waals surface area contributed by atoms with Crippen LogP contribution in [0, 0.1) is 0 Å². The maximum absolute atomic E-state index is 6.19. The first kappa shape index (κ1) is 13.9. The van der Waals surface area contributed by atoms with Crippen LogP contribution in [0.5, 0.6) is 0 Å². The number of halogens is 1. The highest BCUT2D eigenvalue weighted by atomic mass is 35.5. The molecule has 0 aliphatic carbocycles. The molecule has 18 heavy (non-hydrogen) atoms. The van der Waals surface area contributed by atoms with Gasteiger partial charge in [0.2, 0.25) is 0 Å². The minimum atomic E-state index is -0.397. The number of hydrogen-bond donors (Lipinski definition) is 0. The van der Waals surface area contributed by atoms with Crippen LogP contribution in [0.3, 0.4) is 0 Å². The second kappa shape index (κ2) is 5.60. The molecular formula is C15H21ClO2. The number of ether oxygens (including phenoxy) is 2. The maximum atomic E-state index is 6.19. The molecule has 2 atom stereocenters. The van der Waals surface area contributed by atoms with Gasteiger partial charge in [0.15, 0.2) is 5.79 Å². The molecule has 0 unspecified atom stereocenters. The third kappa shape index (κ3) is 2.71. The van der Waals surface area contributed by atoms with Crippen LogP contribution in [-0.4, -0.2) is 18.0 Å². The average Bonchev–Trinajstić information content (AvgIpc) is 2.70. The zero-order valence-corrected chi connectivity index (χ0v) is 12.0. The Hall–Kier alpha value is -0.570. The van der Waals surface area contributed by atoms with E-state index in [1.807, 2.05) is 18.2 Å². The summed E-state index contributed by atoms with van der Waals surface area (Å²) in [6.45, 7) is 6.29. The molecule has 100 valence electrons. The smallest absolute Gasteiger partial charge is 0.168 e. The number of benzene rings is 1. The molecule has 0 radical (unpaired) electrons. The van der Waals surface area contributed by atoms with Gasteiger partial charge in [-0.1, -0.05) is 43.6 Å². The molecule has 0 N–H and O–H groups in total. The highest BCUT2D eigenvalue weighted by molar-refractivity contribution is 6.31. The second-order valence-corrected chi connectivity index (χ2v) is 5.30. The van der Waals surface area contributed by atoms with Crippen molar-refractivity contribution in [2.45, 2.75) is 58.0 Å². The highest BCUT2D eigenvalue weighted by Crippen LogP contribution is 2.36. The Bertz CT molecular complexity index is 401. The largest absolute Gasteiger partial charge is 0.344 e. The molecule has 0 spiro atoms. The predicted octanol–water partition coefficient (Wildman–Crippen LogP) is 4.20. The summed E-state index contributed by atoms with van der Waals surface area (Å²) in [6, 6.07) is 7.93. The van der Waals surface area contributed by atoms with Crippen LogP contribution in [-0.2, 0) is 15.9 Å². The third-order valence-corrected chi connectivity index (χ3v) is 4.12. The van der Waals surface area contributed by atoms with E-state index in [2.05, 4.69) is 26.8 Å². The van der Waals surface area contributed by atoms with Crippen molar-refractivity contribution < 1.29 is 9.47 Å². The molecule has 1 aliphatic heterocycles. The molecule has 0 saturated carbocycles. The summed E-state index contributed by atoms with van der Waals surface area (Å²) in [6.07, 6.45) is 2.77. The topological polar surface area (TPSA) is 18.5 Å². The van der Waals surface area contributed by atoms with Gasteiger partial charge in [-0.05, 0) is 31.4 Å². The van der Waals surface area contributed by atoms with Crippen molar-refractivity contribution in [3.05, 3.63) is 34.9 Å². The van der Waals surface area contributed by atoms with Gasteiger partial charge in [-0.15, -0.1) is 0 Å². The van der Waals surface area contributed by atoms with E-state index in [1.165, 1.54) is 0 Å². The van der Waals surface area contributed by atoms with Gasteiger partial charge in [0, 0.05) is 11.4 Å². The highest BCUT2D eigenvalue weighted by Gasteiger charge is 2.43. The SMILES string of the molecule is CCC1(CC)O[C@H](C)[C@@H](Cc2ccccc2Cl)O1. The zero-order valence-electron chi connectivity index (χ0n) is 11.3. The standard InChI is InChI=1S/C15H21ClO2/c1-4-15(5-2)17-11(3)14(18-15)10-12-8-6-7-9-13(12)16/h6-9,11,14H,4-5,10H2,1-3H3/t11-,14-/m1/s1. The first-order valence-corrected chi connectivity index (χ1v) is 7.07. The minimum Gasteiger partial charge on any atom is -0.344 e. The van der Waals surface area contributed by atoms with E-state index >= 15 is 0 Å². The van der Waals surface area contributed by atoms with E-state index in [-0.39, 0.29) is 12.2 Å². The molecule has 3 heteroatoms. The van der Waals surface area contributed by atoms with Gasteiger partial charge < -0.3 is 9.47 Å². The molecule has 1 aromatic rings. The molecule has 2 rings (SSSR count). The number of rotatable bonds is 4. The Balaban J connectivity index is 2.09. The van der Waals surface area contributed by atoms with Crippen LogP contribution in [0.4, 0.5) is 0 Å². The summed E-state index contributed by atoms with van der Waals surface area (Å²) in [5.41, 5.74) is 1.13. The van der Waals surface area contributed by atoms with Crippen LogP contribution < -0.4 is 0 Å². The Labute approximate surface area is 114 Å². The zero-order chi connectivity index (χ0) is 13.2. The first-order chi connectivity index (χ1) is 8.60. The van der Waals surface area contributed by atoms with Crippen molar-refractivity contribution in [3.8, 4) is 0 Å². The maximum Gasteiger partial charge on any atom is 0.168 e. The lowest BCUT2D eigenvalue weighted by atomic mass is 10.0. The van der Waals surface area contributed by atoms with Gasteiger partial charge in [0.05, 0.1) is 12.2 Å². The molecule has 0 bridgehead atoms. The van der Waals surface area contributed by atoms with Gasteiger partial charge >= 0.3 is 0 Å². The molecule has 1 aromatic carbocycles. The lowest BCUT2D eigenvalue weighted by Gasteiger charge is -2.25. The fourth-order valence-electron chi connectivity index (χ4n) is 2.49. The average molecular weight is 269 g/mol. The fraction of sp³-hybridized carbons (Fsp3) is 0.600. The van der Waals surface area contributed by atoms with Crippen molar-refractivity contribution in [2.75, 3.05) is 0 Å². The van der Waals surface area contributed by atoms with Crippen LogP contribution in [0.2, 0.25) is 5.02 Å². The molecule has 0 amide bonds. The Morgan fingerprint density at radius 3 is 2.39 bits per heavy atom. The van der Waals surface area contributed by atoms with Gasteiger partial charge in [-0.25, -0.2) is 0 Å². The van der Waals surface area contributed by atoms with Crippen molar-refractivity contribution in [3.63, 3.8) is 0 Å². The molecule has 1 saturated heterocycles. The second-order valence-electron chi connectivity index (χ2n) is 4.89. The van der Waals surface area contributed by atoms with E-state index in [4.69, 9.17) is 21.1 Å². The monoisotopic (exact) mass is 268 g/mol. The van der Waals surface area contributed by atoms with E-state index in [0.717, 1.165) is 29.8 Å². The van der Waals surface area contributed by atoms with Crippen molar-refractivity contribution in [1.82, 2.24) is 0 Å². The molecule has 1 aliphatic rings. The van der Waals surface area contributed by atoms with Crippen molar-refractivity contribution in [1.29, 1.82) is 0 Å². The fourth-order valence-corrected chi connectivity index (χ4v) is 2.70. The molecule has 0 aromatic heterocycles. The number of hydrogen-bond acceptors (Lipinski definition) is 2. The summed E-state index contributed by atoms with van der Waals surface area (Å²) in [5.74, 6) is -0.397. The molecule has 1 heterocycles. The van der Waals surface area contributed by atoms with Crippen molar-refractivity contribution >= 4 is 11.6 Å². The summed E-state index contributed by atoms with van der Waals surface area (Å²) in [5, 5.41) is 0.804.